The number of fused-ring (bicyclic) bond motifs is 1. The summed E-state index contributed by atoms with van der Waals surface area (Å²) in [4.78, 5) is 0. The minimum Gasteiger partial charge on any atom is -0.490 e. The molecule has 0 unspecified atom stereocenters. The lowest BCUT2D eigenvalue weighted by Gasteiger charge is -2.09. The number of ether oxygens (including phenoxy) is 1. The van der Waals surface area contributed by atoms with Crippen molar-refractivity contribution in [3.8, 4) is 11.8 Å². The van der Waals surface area contributed by atoms with Crippen molar-refractivity contribution in [1.29, 1.82) is 5.26 Å². The number of nitrogens with zero attached hydrogens (tertiary/aromatic N) is 3. The van der Waals surface area contributed by atoms with Gasteiger partial charge in [0.1, 0.15) is 17.9 Å². The summed E-state index contributed by atoms with van der Waals surface area (Å²) in [6.07, 6.45) is 3.82. The second-order valence-electron chi connectivity index (χ2n) is 4.79. The first-order valence-corrected chi connectivity index (χ1v) is 6.59. The van der Waals surface area contributed by atoms with E-state index in [1.165, 1.54) is 0 Å². The molecule has 0 radical (unpaired) electrons. The molecule has 1 aliphatic carbocycles. The van der Waals surface area contributed by atoms with Gasteiger partial charge in [-0.3, -0.25) is 4.68 Å². The van der Waals surface area contributed by atoms with Crippen LogP contribution in [-0.2, 0) is 7.05 Å². The lowest BCUT2D eigenvalue weighted by atomic mass is 10.1. The number of benzene rings is 1. The molecule has 92 valence electrons. The van der Waals surface area contributed by atoms with Crippen LogP contribution in [0.3, 0.4) is 0 Å². The molecule has 0 N–H and O–H groups in total. The topological polar surface area (TPSA) is 50.8 Å². The Morgan fingerprint density at radius 2 is 2.33 bits per heavy atom. The molecule has 4 nitrogen and oxygen atoms in total. The van der Waals surface area contributed by atoms with E-state index in [1.807, 2.05) is 25.4 Å². The number of hydrogen-bond acceptors (Lipinski definition) is 3. The third-order valence-electron chi connectivity index (χ3n) is 3.30. The molecule has 0 bridgehead atoms. The average molecular weight is 306 g/mol. The van der Waals surface area contributed by atoms with Crippen LogP contribution in [0.2, 0.25) is 0 Å². The van der Waals surface area contributed by atoms with Crippen molar-refractivity contribution >= 4 is 26.8 Å². The van der Waals surface area contributed by atoms with Crippen molar-refractivity contribution in [2.45, 2.75) is 12.8 Å². The average Bonchev–Trinajstić information content (AvgIpc) is 3.03. The van der Waals surface area contributed by atoms with Crippen LogP contribution in [0.1, 0.15) is 12.8 Å². The molecule has 0 spiro atoms. The molecule has 18 heavy (non-hydrogen) atoms. The highest BCUT2D eigenvalue weighted by molar-refractivity contribution is 9.10. The minimum absolute atomic E-state index is 0.256. The molecular formula is C13H12BrN3O. The Labute approximate surface area is 113 Å². The molecule has 0 atom stereocenters. The molecule has 0 aliphatic heterocycles. The normalized spacial score (nSPS) is 16.5. The fourth-order valence-corrected chi connectivity index (χ4v) is 2.36. The zero-order valence-corrected chi connectivity index (χ0v) is 11.6. The van der Waals surface area contributed by atoms with Crippen molar-refractivity contribution in [3.05, 3.63) is 22.8 Å². The van der Waals surface area contributed by atoms with E-state index in [0.717, 1.165) is 34.0 Å². The maximum absolute atomic E-state index is 9.04. The van der Waals surface area contributed by atoms with E-state index in [9.17, 15) is 0 Å². The molecule has 2 aromatic rings. The van der Waals surface area contributed by atoms with Crippen molar-refractivity contribution in [3.63, 3.8) is 0 Å². The molecule has 0 amide bonds. The van der Waals surface area contributed by atoms with Gasteiger partial charge in [-0.05, 0) is 25.0 Å². The van der Waals surface area contributed by atoms with E-state index in [0.29, 0.717) is 6.61 Å². The first-order chi connectivity index (χ1) is 8.63. The first kappa shape index (κ1) is 11.5. The zero-order chi connectivity index (χ0) is 12.8. The van der Waals surface area contributed by atoms with Crippen molar-refractivity contribution in [2.75, 3.05) is 6.61 Å². The number of aromatic nitrogens is 2. The maximum atomic E-state index is 9.04. The molecule has 3 rings (SSSR count). The molecule has 1 saturated carbocycles. The van der Waals surface area contributed by atoms with Crippen LogP contribution in [0.4, 0.5) is 0 Å². The Kier molecular flexibility index (Phi) is 2.56. The molecule has 0 saturated heterocycles. The van der Waals surface area contributed by atoms with Gasteiger partial charge >= 0.3 is 0 Å². The lowest BCUT2D eigenvalue weighted by Crippen LogP contribution is -2.10. The number of halogens is 1. The molecule has 1 fully saturated rings. The van der Waals surface area contributed by atoms with Gasteiger partial charge in [0.05, 0.1) is 11.5 Å². The number of hydrogen-bond donors (Lipinski definition) is 0. The summed E-state index contributed by atoms with van der Waals surface area (Å²) in [7, 11) is 1.88. The third-order valence-corrected chi connectivity index (χ3v) is 3.99. The highest BCUT2D eigenvalue weighted by Crippen LogP contribution is 2.45. The summed E-state index contributed by atoms with van der Waals surface area (Å²) in [6, 6.07) is 6.17. The summed E-state index contributed by atoms with van der Waals surface area (Å²) in [5.74, 6) is 0.746. The van der Waals surface area contributed by atoms with Gasteiger partial charge in [-0.2, -0.15) is 10.4 Å². The second kappa shape index (κ2) is 3.99. The van der Waals surface area contributed by atoms with E-state index in [-0.39, 0.29) is 5.41 Å². The Balaban J connectivity index is 1.93. The summed E-state index contributed by atoms with van der Waals surface area (Å²) >= 11 is 3.50. The fourth-order valence-electron chi connectivity index (χ4n) is 1.93. The molecule has 1 aromatic carbocycles. The largest absolute Gasteiger partial charge is 0.490 e. The van der Waals surface area contributed by atoms with Gasteiger partial charge in [-0.25, -0.2) is 0 Å². The van der Waals surface area contributed by atoms with Crippen LogP contribution in [-0.4, -0.2) is 16.4 Å². The van der Waals surface area contributed by atoms with Gasteiger partial charge in [0, 0.05) is 23.1 Å². The van der Waals surface area contributed by atoms with Gasteiger partial charge in [0.2, 0.25) is 0 Å². The Morgan fingerprint density at radius 3 is 3.00 bits per heavy atom. The van der Waals surface area contributed by atoms with Gasteiger partial charge in [-0.1, -0.05) is 15.9 Å². The van der Waals surface area contributed by atoms with Crippen LogP contribution in [0, 0.1) is 16.7 Å². The van der Waals surface area contributed by atoms with E-state index in [4.69, 9.17) is 10.00 Å². The monoisotopic (exact) mass is 305 g/mol. The summed E-state index contributed by atoms with van der Waals surface area (Å²) in [5.41, 5.74) is 0.578. The molecule has 1 aliphatic rings. The quantitative estimate of drug-likeness (QED) is 0.876. The van der Waals surface area contributed by atoms with Gasteiger partial charge < -0.3 is 4.74 Å². The van der Waals surface area contributed by atoms with Crippen molar-refractivity contribution < 1.29 is 4.74 Å². The van der Waals surface area contributed by atoms with Crippen LogP contribution in [0.25, 0.3) is 10.9 Å². The Bertz CT molecular complexity index is 652. The fraction of sp³-hybridized carbons (Fsp3) is 0.385. The van der Waals surface area contributed by atoms with Crippen LogP contribution in [0.5, 0.6) is 5.75 Å². The van der Waals surface area contributed by atoms with E-state index >= 15 is 0 Å². The SMILES string of the molecule is Cn1cc2c(Br)ccc(OCC3(C#N)CC3)c2n1. The van der Waals surface area contributed by atoms with Crippen LogP contribution < -0.4 is 4.74 Å². The predicted octanol–water partition coefficient (Wildman–Crippen LogP) is 3.02. The predicted molar refractivity (Wildman–Crippen MR) is 71.2 cm³/mol. The first-order valence-electron chi connectivity index (χ1n) is 5.79. The number of nitriles is 1. The smallest absolute Gasteiger partial charge is 0.147 e. The minimum atomic E-state index is -0.256. The molecule has 1 heterocycles. The van der Waals surface area contributed by atoms with Crippen molar-refractivity contribution in [2.24, 2.45) is 12.5 Å². The number of aryl methyl sites for hydroxylation is 1. The van der Waals surface area contributed by atoms with Crippen molar-refractivity contribution in [1.82, 2.24) is 9.78 Å². The van der Waals surface area contributed by atoms with E-state index in [2.05, 4.69) is 27.1 Å². The summed E-state index contributed by atoms with van der Waals surface area (Å²) in [5, 5.41) is 14.5. The standard InChI is InChI=1S/C13H12BrN3O/c1-17-6-9-10(14)2-3-11(12(9)16-17)18-8-13(7-15)4-5-13/h2-3,6H,4-5,8H2,1H3. The summed E-state index contributed by atoms with van der Waals surface area (Å²) < 4.78 is 8.55. The Hall–Kier alpha value is -1.54. The van der Waals surface area contributed by atoms with E-state index < -0.39 is 0 Å². The van der Waals surface area contributed by atoms with Crippen LogP contribution >= 0.6 is 15.9 Å². The molecule has 1 aromatic heterocycles. The molecular weight excluding hydrogens is 294 g/mol. The Morgan fingerprint density at radius 1 is 1.56 bits per heavy atom. The third kappa shape index (κ3) is 1.87. The highest BCUT2D eigenvalue weighted by Gasteiger charge is 2.44. The lowest BCUT2D eigenvalue weighted by molar-refractivity contribution is 0.271. The summed E-state index contributed by atoms with van der Waals surface area (Å²) in [6.45, 7) is 0.455. The van der Waals surface area contributed by atoms with Gasteiger partial charge in [-0.15, -0.1) is 0 Å². The van der Waals surface area contributed by atoms with Gasteiger partial charge in [0.25, 0.3) is 0 Å². The zero-order valence-electron chi connectivity index (χ0n) is 9.98. The van der Waals surface area contributed by atoms with Crippen LogP contribution in [0.15, 0.2) is 22.8 Å². The highest BCUT2D eigenvalue weighted by atomic mass is 79.9. The maximum Gasteiger partial charge on any atom is 0.147 e. The number of rotatable bonds is 3. The molecule has 5 heteroatoms. The van der Waals surface area contributed by atoms with Gasteiger partial charge in [0.15, 0.2) is 0 Å². The second-order valence-corrected chi connectivity index (χ2v) is 5.65. The van der Waals surface area contributed by atoms with E-state index in [1.54, 1.807) is 4.68 Å².